The third kappa shape index (κ3) is 7.46. The maximum Gasteiger partial charge on any atom is 0.258 e. The summed E-state index contributed by atoms with van der Waals surface area (Å²) in [5, 5.41) is 3.07. The van der Waals surface area contributed by atoms with Gasteiger partial charge in [-0.15, -0.1) is 0 Å². The molecule has 1 N–H and O–H groups in total. The standard InChI is InChI=1S/C28H39N3O4/c1-20(2)30-16-14-22(15-17-30)18-29-27(32)19-31(25-8-6-7-9-26(25)35-21(3)4)28(33)23-10-12-24(34-5)13-11-23/h6-13,20-22H,14-19H2,1-5H3,(H,29,32). The van der Waals surface area contributed by atoms with Gasteiger partial charge in [0.25, 0.3) is 5.91 Å². The van der Waals surface area contributed by atoms with Crippen LogP contribution in [0.15, 0.2) is 48.5 Å². The van der Waals surface area contributed by atoms with Gasteiger partial charge in [0.15, 0.2) is 0 Å². The quantitative estimate of drug-likeness (QED) is 0.546. The van der Waals surface area contributed by atoms with Crippen molar-refractivity contribution in [3.05, 3.63) is 54.1 Å². The first-order valence-electron chi connectivity index (χ1n) is 12.5. The van der Waals surface area contributed by atoms with Gasteiger partial charge in [0.05, 0.1) is 18.9 Å². The van der Waals surface area contributed by atoms with Gasteiger partial charge in [-0.25, -0.2) is 0 Å². The van der Waals surface area contributed by atoms with E-state index < -0.39 is 0 Å². The van der Waals surface area contributed by atoms with Crippen LogP contribution in [0.2, 0.25) is 0 Å². The summed E-state index contributed by atoms with van der Waals surface area (Å²) in [5.41, 5.74) is 1.04. The van der Waals surface area contributed by atoms with Crippen LogP contribution in [-0.2, 0) is 4.79 Å². The Hall–Kier alpha value is -3.06. The van der Waals surface area contributed by atoms with Gasteiger partial charge >= 0.3 is 0 Å². The van der Waals surface area contributed by atoms with Crippen molar-refractivity contribution in [1.82, 2.24) is 10.2 Å². The summed E-state index contributed by atoms with van der Waals surface area (Å²) in [6, 6.07) is 14.8. The Morgan fingerprint density at radius 1 is 1.03 bits per heavy atom. The van der Waals surface area contributed by atoms with Gasteiger partial charge in [0.2, 0.25) is 5.91 Å². The van der Waals surface area contributed by atoms with E-state index in [1.807, 2.05) is 38.1 Å². The highest BCUT2D eigenvalue weighted by atomic mass is 16.5. The van der Waals surface area contributed by atoms with Gasteiger partial charge < -0.3 is 19.7 Å². The van der Waals surface area contributed by atoms with Crippen molar-refractivity contribution in [2.45, 2.75) is 52.7 Å². The van der Waals surface area contributed by atoms with Crippen LogP contribution in [0.4, 0.5) is 5.69 Å². The molecule has 1 aliphatic heterocycles. The molecular formula is C28H39N3O4. The minimum absolute atomic E-state index is 0.0698. The number of carbonyl (C=O) groups excluding carboxylic acids is 2. The topological polar surface area (TPSA) is 71.1 Å². The maximum absolute atomic E-state index is 13.6. The molecule has 7 heteroatoms. The number of nitrogens with one attached hydrogen (secondary N) is 1. The minimum Gasteiger partial charge on any atom is -0.497 e. The maximum atomic E-state index is 13.6. The fraction of sp³-hybridized carbons (Fsp3) is 0.500. The normalized spacial score (nSPS) is 14.7. The van der Waals surface area contributed by atoms with Crippen molar-refractivity contribution in [1.29, 1.82) is 0 Å². The Morgan fingerprint density at radius 2 is 1.69 bits per heavy atom. The average Bonchev–Trinajstić information content (AvgIpc) is 2.86. The van der Waals surface area contributed by atoms with Gasteiger partial charge in [0, 0.05) is 18.2 Å². The molecule has 2 aromatic carbocycles. The number of piperidine rings is 1. The summed E-state index contributed by atoms with van der Waals surface area (Å²) in [5.74, 6) is 1.23. The lowest BCUT2D eigenvalue weighted by molar-refractivity contribution is -0.120. The summed E-state index contributed by atoms with van der Waals surface area (Å²) in [6.45, 7) is 11.0. The predicted octanol–water partition coefficient (Wildman–Crippen LogP) is 4.37. The predicted molar refractivity (Wildman–Crippen MR) is 139 cm³/mol. The SMILES string of the molecule is COc1ccc(C(=O)N(CC(=O)NCC2CCN(C(C)C)CC2)c2ccccc2OC(C)C)cc1. The summed E-state index contributed by atoms with van der Waals surface area (Å²) >= 11 is 0. The minimum atomic E-state index is -0.271. The van der Waals surface area contributed by atoms with E-state index >= 15 is 0 Å². The molecule has 0 atom stereocenters. The van der Waals surface area contributed by atoms with Crippen molar-refractivity contribution < 1.29 is 19.1 Å². The van der Waals surface area contributed by atoms with Crippen molar-refractivity contribution in [3.63, 3.8) is 0 Å². The van der Waals surface area contributed by atoms with E-state index in [0.717, 1.165) is 25.9 Å². The van der Waals surface area contributed by atoms with Crippen LogP contribution in [0.3, 0.4) is 0 Å². The Kier molecular flexibility index (Phi) is 9.55. The molecule has 3 rings (SSSR count). The van der Waals surface area contributed by atoms with Gasteiger partial charge in [0.1, 0.15) is 18.0 Å². The number of likely N-dealkylation sites (tertiary alicyclic amines) is 1. The lowest BCUT2D eigenvalue weighted by Crippen LogP contribution is -2.44. The lowest BCUT2D eigenvalue weighted by atomic mass is 9.96. The van der Waals surface area contributed by atoms with Crippen molar-refractivity contribution in [3.8, 4) is 11.5 Å². The molecule has 1 saturated heterocycles. The summed E-state index contributed by atoms with van der Waals surface area (Å²) in [7, 11) is 1.58. The van der Waals surface area contributed by atoms with Crippen LogP contribution in [0.25, 0.3) is 0 Å². The molecule has 0 radical (unpaired) electrons. The second kappa shape index (κ2) is 12.6. The number of nitrogens with zero attached hydrogens (tertiary/aromatic N) is 2. The van der Waals surface area contributed by atoms with E-state index in [2.05, 4.69) is 24.1 Å². The van der Waals surface area contributed by atoms with Crippen molar-refractivity contribution in [2.75, 3.05) is 38.2 Å². The van der Waals surface area contributed by atoms with Crippen molar-refractivity contribution >= 4 is 17.5 Å². The number of ether oxygens (including phenoxy) is 2. The highest BCUT2D eigenvalue weighted by Gasteiger charge is 2.25. The molecule has 0 bridgehead atoms. The molecule has 1 heterocycles. The van der Waals surface area contributed by atoms with Crippen LogP contribution in [0.1, 0.15) is 50.9 Å². The second-order valence-electron chi connectivity index (χ2n) is 9.63. The Balaban J connectivity index is 1.74. The molecule has 35 heavy (non-hydrogen) atoms. The van der Waals surface area contributed by atoms with Crippen LogP contribution < -0.4 is 19.7 Å². The average molecular weight is 482 g/mol. The highest BCUT2D eigenvalue weighted by molar-refractivity contribution is 6.09. The number of amides is 2. The number of hydrogen-bond acceptors (Lipinski definition) is 5. The van der Waals surface area contributed by atoms with Gasteiger partial charge in [-0.2, -0.15) is 0 Å². The molecule has 1 aliphatic rings. The molecular weight excluding hydrogens is 442 g/mol. The molecule has 0 aromatic heterocycles. The monoisotopic (exact) mass is 481 g/mol. The molecule has 190 valence electrons. The zero-order valence-electron chi connectivity index (χ0n) is 21.6. The number of benzene rings is 2. The van der Waals surface area contributed by atoms with E-state index in [-0.39, 0.29) is 24.5 Å². The number of methoxy groups -OCH3 is 1. The fourth-order valence-corrected chi connectivity index (χ4v) is 4.32. The third-order valence-corrected chi connectivity index (χ3v) is 6.37. The van der Waals surface area contributed by atoms with E-state index in [9.17, 15) is 9.59 Å². The Morgan fingerprint density at radius 3 is 2.29 bits per heavy atom. The number of hydrogen-bond donors (Lipinski definition) is 1. The second-order valence-corrected chi connectivity index (χ2v) is 9.63. The van der Waals surface area contributed by atoms with E-state index in [4.69, 9.17) is 9.47 Å². The summed E-state index contributed by atoms with van der Waals surface area (Å²) < 4.78 is 11.2. The zero-order chi connectivity index (χ0) is 25.4. The first-order valence-corrected chi connectivity index (χ1v) is 12.5. The molecule has 7 nitrogen and oxygen atoms in total. The van der Waals surface area contributed by atoms with Crippen LogP contribution in [0.5, 0.6) is 11.5 Å². The summed E-state index contributed by atoms with van der Waals surface area (Å²) in [6.07, 6.45) is 2.07. The van der Waals surface area contributed by atoms with Gasteiger partial charge in [-0.05, 0) is 95.9 Å². The number of carbonyl (C=O) groups is 2. The van der Waals surface area contributed by atoms with E-state index in [1.165, 1.54) is 4.90 Å². The molecule has 0 spiro atoms. The Bertz CT molecular complexity index is 966. The molecule has 1 fully saturated rings. The van der Waals surface area contributed by atoms with E-state index in [1.54, 1.807) is 31.4 Å². The summed E-state index contributed by atoms with van der Waals surface area (Å²) in [4.78, 5) is 30.6. The first kappa shape index (κ1) is 26.5. The Labute approximate surface area is 209 Å². The van der Waals surface area contributed by atoms with Crippen LogP contribution >= 0.6 is 0 Å². The lowest BCUT2D eigenvalue weighted by Gasteiger charge is -2.34. The fourth-order valence-electron chi connectivity index (χ4n) is 4.32. The van der Waals surface area contributed by atoms with Gasteiger partial charge in [-0.3, -0.25) is 14.5 Å². The van der Waals surface area contributed by atoms with Crippen LogP contribution in [-0.4, -0.2) is 62.1 Å². The molecule has 2 amide bonds. The molecule has 0 unspecified atom stereocenters. The van der Waals surface area contributed by atoms with Gasteiger partial charge in [-0.1, -0.05) is 12.1 Å². The van der Waals surface area contributed by atoms with Crippen molar-refractivity contribution in [2.24, 2.45) is 5.92 Å². The third-order valence-electron chi connectivity index (χ3n) is 6.37. The number of para-hydroxylation sites is 2. The number of rotatable bonds is 10. The molecule has 2 aromatic rings. The van der Waals surface area contributed by atoms with Crippen LogP contribution in [0, 0.1) is 5.92 Å². The smallest absolute Gasteiger partial charge is 0.258 e. The first-order chi connectivity index (χ1) is 16.8. The largest absolute Gasteiger partial charge is 0.497 e. The molecule has 0 saturated carbocycles. The number of anilines is 1. The van der Waals surface area contributed by atoms with E-state index in [0.29, 0.717) is 41.3 Å². The molecule has 0 aliphatic carbocycles. The zero-order valence-corrected chi connectivity index (χ0v) is 21.6. The highest BCUT2D eigenvalue weighted by Crippen LogP contribution is 2.30.